The summed E-state index contributed by atoms with van der Waals surface area (Å²) in [6.07, 6.45) is 4.06. The number of piperazine rings is 1. The maximum absolute atomic E-state index is 13.0. The number of aromatic amines is 1. The lowest BCUT2D eigenvalue weighted by Gasteiger charge is -2.37. The highest BCUT2D eigenvalue weighted by atomic mass is 32.2. The number of carbonyl (C=O) groups excluding carboxylic acids is 1. The summed E-state index contributed by atoms with van der Waals surface area (Å²) in [7, 11) is -4.19. The van der Waals surface area contributed by atoms with Gasteiger partial charge in [-0.2, -0.15) is 21.8 Å². The van der Waals surface area contributed by atoms with Crippen LogP contribution in [0.2, 0.25) is 0 Å². The van der Waals surface area contributed by atoms with Crippen LogP contribution in [0.1, 0.15) is 0 Å². The SMILES string of the molecule is COc1cc2nc(N3CCN(C(=O)C4COc5ccccc5O4)CC3)nc(N)c2cc1OC.CS(=O)(=O)O.CS(=O)(=O)O.c1ccco[nH]cc1. The number of anilines is 2. The van der Waals surface area contributed by atoms with Gasteiger partial charge in [-0.15, -0.1) is 0 Å². The summed E-state index contributed by atoms with van der Waals surface area (Å²) >= 11 is 0. The quantitative estimate of drug-likeness (QED) is 0.219. The number of nitrogen functional groups attached to an aromatic ring is 1. The summed E-state index contributed by atoms with van der Waals surface area (Å²) in [6.45, 7) is 2.40. The molecule has 0 radical (unpaired) electrons. The molecule has 0 bridgehead atoms. The lowest BCUT2D eigenvalue weighted by atomic mass is 10.2. The lowest BCUT2D eigenvalue weighted by molar-refractivity contribution is -0.141. The summed E-state index contributed by atoms with van der Waals surface area (Å²) < 4.78 is 78.7. The average molecular weight is 753 g/mol. The van der Waals surface area contributed by atoms with E-state index in [4.69, 9.17) is 38.3 Å². The van der Waals surface area contributed by atoms with Crippen LogP contribution in [-0.2, 0) is 25.0 Å². The van der Waals surface area contributed by atoms with Crippen LogP contribution in [0.3, 0.4) is 0 Å². The molecule has 2 aromatic heterocycles. The smallest absolute Gasteiger partial charge is 0.267 e. The van der Waals surface area contributed by atoms with Crippen molar-refractivity contribution < 1.29 is 54.2 Å². The molecule has 0 spiro atoms. The fourth-order valence-electron chi connectivity index (χ4n) is 4.47. The normalized spacial score (nSPS) is 15.0. The first-order chi connectivity index (χ1) is 24.1. The minimum absolute atomic E-state index is 0.0834. The van der Waals surface area contributed by atoms with Crippen LogP contribution in [0.4, 0.5) is 11.8 Å². The average Bonchev–Trinajstić information content (AvgIpc) is 3.05. The van der Waals surface area contributed by atoms with Gasteiger partial charge in [0.15, 0.2) is 23.0 Å². The molecule has 0 aliphatic carbocycles. The molecule has 5 N–H and O–H groups in total. The van der Waals surface area contributed by atoms with Gasteiger partial charge in [0.2, 0.25) is 12.1 Å². The summed E-state index contributed by atoms with van der Waals surface area (Å²) in [5.41, 5.74) is 6.89. The highest BCUT2D eigenvalue weighted by Gasteiger charge is 2.33. The number of para-hydroxylation sites is 2. The van der Waals surface area contributed by atoms with Crippen molar-refractivity contribution in [3.63, 3.8) is 0 Å². The van der Waals surface area contributed by atoms with Gasteiger partial charge < -0.3 is 39.0 Å². The van der Waals surface area contributed by atoms with Crippen molar-refractivity contribution in [3.05, 3.63) is 73.1 Å². The molecule has 2 aromatic carbocycles. The monoisotopic (exact) mass is 752 g/mol. The van der Waals surface area contributed by atoms with E-state index >= 15 is 0 Å². The molecule has 6 rings (SSSR count). The number of amides is 1. The van der Waals surface area contributed by atoms with E-state index in [0.29, 0.717) is 84.4 Å². The highest BCUT2D eigenvalue weighted by molar-refractivity contribution is 7.85. The number of H-pyrrole nitrogens is 1. The summed E-state index contributed by atoms with van der Waals surface area (Å²) in [5.74, 6) is 3.18. The molecule has 1 saturated heterocycles. The molecule has 2 aliphatic heterocycles. The van der Waals surface area contributed by atoms with E-state index in [1.165, 1.54) is 0 Å². The number of hydrogen-bond donors (Lipinski definition) is 4. The number of rotatable bonds is 4. The summed E-state index contributed by atoms with van der Waals surface area (Å²) in [4.78, 5) is 26.0. The molecule has 1 unspecified atom stereocenters. The summed E-state index contributed by atoms with van der Waals surface area (Å²) in [6, 6.07) is 18.4. The van der Waals surface area contributed by atoms with Gasteiger partial charge >= 0.3 is 0 Å². The molecule has 2 aliphatic rings. The first-order valence-corrected chi connectivity index (χ1v) is 18.6. The predicted octanol–water partition coefficient (Wildman–Crippen LogP) is 2.46. The van der Waals surface area contributed by atoms with E-state index in [9.17, 15) is 21.6 Å². The van der Waals surface area contributed by atoms with E-state index in [2.05, 4.69) is 15.1 Å². The van der Waals surface area contributed by atoms with E-state index in [1.54, 1.807) is 55.8 Å². The van der Waals surface area contributed by atoms with Crippen LogP contribution in [0.5, 0.6) is 23.0 Å². The Bertz CT molecular complexity index is 1900. The molecule has 1 atom stereocenters. The molecule has 51 heavy (non-hydrogen) atoms. The van der Waals surface area contributed by atoms with Crippen molar-refractivity contribution in [1.29, 1.82) is 0 Å². The minimum Gasteiger partial charge on any atom is -0.493 e. The Morgan fingerprint density at radius 3 is 2.10 bits per heavy atom. The van der Waals surface area contributed by atoms with Crippen LogP contribution in [-0.4, -0.2) is 117 Å². The third kappa shape index (κ3) is 13.8. The molecule has 1 fully saturated rings. The number of methoxy groups -OCH3 is 2. The van der Waals surface area contributed by atoms with Crippen molar-refractivity contribution in [2.75, 3.05) is 70.2 Å². The Kier molecular flexibility index (Phi) is 14.6. The van der Waals surface area contributed by atoms with Crippen molar-refractivity contribution in [3.8, 4) is 23.0 Å². The van der Waals surface area contributed by atoms with E-state index in [-0.39, 0.29) is 12.5 Å². The minimum atomic E-state index is -3.67. The zero-order valence-electron chi connectivity index (χ0n) is 28.2. The number of carbonyl (C=O) groups is 1. The van der Waals surface area contributed by atoms with Gasteiger partial charge in [-0.1, -0.05) is 24.3 Å². The lowest BCUT2D eigenvalue weighted by Crippen LogP contribution is -2.54. The third-order valence-corrected chi connectivity index (χ3v) is 6.59. The van der Waals surface area contributed by atoms with Crippen molar-refractivity contribution >= 4 is 48.8 Å². The van der Waals surface area contributed by atoms with Gasteiger partial charge in [0.25, 0.3) is 26.1 Å². The van der Waals surface area contributed by atoms with Crippen LogP contribution in [0.15, 0.2) is 77.6 Å². The van der Waals surface area contributed by atoms with Gasteiger partial charge in [0, 0.05) is 43.8 Å². The van der Waals surface area contributed by atoms with Gasteiger partial charge in [-0.3, -0.25) is 13.9 Å². The maximum Gasteiger partial charge on any atom is 0.267 e. The number of nitrogens with zero attached hydrogens (tertiary/aromatic N) is 4. The molecular formula is C31H40N6O12S2. The van der Waals surface area contributed by atoms with Crippen LogP contribution in [0.25, 0.3) is 10.9 Å². The van der Waals surface area contributed by atoms with Gasteiger partial charge in [0.1, 0.15) is 18.7 Å². The number of fused-ring (bicyclic) bond motifs is 2. The van der Waals surface area contributed by atoms with Crippen LogP contribution in [0, 0.1) is 0 Å². The maximum atomic E-state index is 13.0. The number of nitrogens with two attached hydrogens (primary N) is 1. The molecule has 1 amide bonds. The van der Waals surface area contributed by atoms with Gasteiger partial charge in [-0.25, -0.2) is 10.1 Å². The van der Waals surface area contributed by atoms with Gasteiger partial charge in [0.05, 0.1) is 32.2 Å². The second kappa shape index (κ2) is 18.6. The number of hydrogen-bond acceptors (Lipinski definition) is 14. The second-order valence-electron chi connectivity index (χ2n) is 10.6. The Balaban J connectivity index is 0.000000320. The Morgan fingerprint density at radius 2 is 1.47 bits per heavy atom. The van der Waals surface area contributed by atoms with E-state index < -0.39 is 26.3 Å². The molecule has 278 valence electrons. The zero-order valence-corrected chi connectivity index (χ0v) is 29.8. The zero-order chi connectivity index (χ0) is 37.6. The first kappa shape index (κ1) is 40.1. The van der Waals surface area contributed by atoms with Crippen molar-refractivity contribution in [2.45, 2.75) is 6.10 Å². The van der Waals surface area contributed by atoms with Crippen molar-refractivity contribution in [1.82, 2.24) is 20.0 Å². The topological polar surface area (TPSA) is 250 Å². The molecule has 0 saturated carbocycles. The molecule has 18 nitrogen and oxygen atoms in total. The second-order valence-corrected chi connectivity index (χ2v) is 13.5. The van der Waals surface area contributed by atoms with Crippen molar-refractivity contribution in [2.24, 2.45) is 0 Å². The largest absolute Gasteiger partial charge is 0.493 e. The Labute approximate surface area is 294 Å². The Hall–Kier alpha value is -5.31. The highest BCUT2D eigenvalue weighted by Crippen LogP contribution is 2.34. The standard InChI is InChI=1S/C23H25N5O5.C6H7NO.2CH4O3S/c1-30-18-11-14-15(12-19(18)31-2)25-23(26-21(14)24)28-9-7-27(8-10-28)22(29)20-13-32-16-5-3-4-6-17(16)33-20;1-2-4-6-8-7-5-3-1;2*1-5(2,3)4/h3-6,11-12,20H,7-10,13H2,1-2H3,(H2,24,25,26);1-7H;2*1H3,(H,2,3,4). The van der Waals surface area contributed by atoms with E-state index in [1.807, 2.05) is 41.3 Å². The molecular weight excluding hydrogens is 713 g/mol. The van der Waals surface area contributed by atoms with E-state index in [0.717, 1.165) is 0 Å². The number of nitrogens with one attached hydrogen (secondary N) is 1. The number of ether oxygens (including phenoxy) is 4. The predicted molar refractivity (Wildman–Crippen MR) is 188 cm³/mol. The number of aromatic nitrogens is 3. The molecule has 4 heterocycles. The Morgan fingerprint density at radius 1 is 0.882 bits per heavy atom. The summed E-state index contributed by atoms with van der Waals surface area (Å²) in [5, 5.41) is 3.26. The fourth-order valence-corrected chi connectivity index (χ4v) is 4.47. The molecule has 20 heteroatoms. The fraction of sp³-hybridized carbons (Fsp3) is 0.323. The van der Waals surface area contributed by atoms with Crippen LogP contribution < -0.4 is 29.6 Å². The van der Waals surface area contributed by atoms with Crippen LogP contribution >= 0.6 is 0 Å². The number of benzene rings is 2. The third-order valence-electron chi connectivity index (χ3n) is 6.59. The molecule has 4 aromatic rings. The van der Waals surface area contributed by atoms with Gasteiger partial charge in [-0.05, 0) is 30.3 Å². The first-order valence-electron chi connectivity index (χ1n) is 14.9.